The number of benzene rings is 1. The molecule has 25 heavy (non-hydrogen) atoms. The van der Waals surface area contributed by atoms with Crippen molar-refractivity contribution in [2.24, 2.45) is 0 Å². The second-order valence-electron chi connectivity index (χ2n) is 5.90. The first kappa shape index (κ1) is 15.9. The van der Waals surface area contributed by atoms with E-state index < -0.39 is 0 Å². The Morgan fingerprint density at radius 3 is 2.64 bits per heavy atom. The van der Waals surface area contributed by atoms with Crippen LogP contribution in [0.25, 0.3) is 17.0 Å². The zero-order valence-corrected chi connectivity index (χ0v) is 13.7. The number of nitrogens with zero attached hydrogens (tertiary/aromatic N) is 5. The number of aromatic nitrogens is 4. The van der Waals surface area contributed by atoms with Gasteiger partial charge in [-0.25, -0.2) is 4.39 Å². The van der Waals surface area contributed by atoms with Gasteiger partial charge < -0.3 is 10.1 Å². The predicted molar refractivity (Wildman–Crippen MR) is 91.9 cm³/mol. The minimum Gasteiger partial charge on any atom is -0.379 e. The normalized spacial score (nSPS) is 15.6. The minimum absolute atomic E-state index is 0.281. The average molecular weight is 342 g/mol. The molecular weight excluding hydrogens is 323 g/mol. The van der Waals surface area contributed by atoms with Crippen molar-refractivity contribution in [1.82, 2.24) is 24.7 Å². The zero-order valence-electron chi connectivity index (χ0n) is 13.7. The molecule has 130 valence electrons. The molecule has 0 unspecified atom stereocenters. The van der Waals surface area contributed by atoms with Gasteiger partial charge in [0.15, 0.2) is 11.5 Å². The Morgan fingerprint density at radius 2 is 1.84 bits per heavy atom. The quantitative estimate of drug-likeness (QED) is 0.761. The van der Waals surface area contributed by atoms with E-state index in [0.29, 0.717) is 11.5 Å². The van der Waals surface area contributed by atoms with Gasteiger partial charge in [0.1, 0.15) is 11.6 Å². The smallest absolute Gasteiger partial charge is 0.185 e. The Hall–Kier alpha value is -2.58. The molecule has 0 atom stereocenters. The molecule has 1 N–H and O–H groups in total. The van der Waals surface area contributed by atoms with E-state index in [9.17, 15) is 4.39 Å². The molecule has 7 nitrogen and oxygen atoms in total. The molecule has 0 aliphatic carbocycles. The Morgan fingerprint density at radius 1 is 1.04 bits per heavy atom. The summed E-state index contributed by atoms with van der Waals surface area (Å²) < 4.78 is 20.1. The van der Waals surface area contributed by atoms with Crippen LogP contribution >= 0.6 is 0 Å². The fourth-order valence-corrected chi connectivity index (χ4v) is 2.83. The maximum absolute atomic E-state index is 13.1. The van der Waals surface area contributed by atoms with Crippen molar-refractivity contribution >= 4 is 11.5 Å². The van der Waals surface area contributed by atoms with E-state index in [0.717, 1.165) is 50.8 Å². The van der Waals surface area contributed by atoms with Crippen molar-refractivity contribution in [3.8, 4) is 11.4 Å². The molecule has 3 heterocycles. The third kappa shape index (κ3) is 3.59. The topological polar surface area (TPSA) is 67.6 Å². The molecule has 0 radical (unpaired) electrons. The van der Waals surface area contributed by atoms with Gasteiger partial charge in [-0.15, -0.1) is 15.3 Å². The van der Waals surface area contributed by atoms with Gasteiger partial charge in [-0.3, -0.25) is 4.90 Å². The van der Waals surface area contributed by atoms with E-state index in [2.05, 4.69) is 25.5 Å². The number of fused-ring (bicyclic) bond motifs is 1. The van der Waals surface area contributed by atoms with Crippen LogP contribution in [0.4, 0.5) is 10.2 Å². The van der Waals surface area contributed by atoms with Crippen LogP contribution in [0.15, 0.2) is 36.4 Å². The SMILES string of the molecule is Fc1ccc(-c2nnc3ccc(NCCN4CCOCC4)nn23)cc1. The number of rotatable bonds is 5. The fourth-order valence-electron chi connectivity index (χ4n) is 2.83. The number of nitrogens with one attached hydrogen (secondary N) is 1. The lowest BCUT2D eigenvalue weighted by molar-refractivity contribution is 0.0398. The van der Waals surface area contributed by atoms with Gasteiger partial charge in [0, 0.05) is 31.7 Å². The summed E-state index contributed by atoms with van der Waals surface area (Å²) in [6, 6.07) is 9.90. The van der Waals surface area contributed by atoms with E-state index in [-0.39, 0.29) is 5.82 Å². The van der Waals surface area contributed by atoms with E-state index in [1.54, 1.807) is 16.6 Å². The standard InChI is InChI=1S/C17H19FN6O/c18-14-3-1-13(2-4-14)17-21-20-16-6-5-15(22-24(16)17)19-7-8-23-9-11-25-12-10-23/h1-6H,7-12H2,(H,19,22). The number of morpholine rings is 1. The number of hydrogen-bond donors (Lipinski definition) is 1. The van der Waals surface area contributed by atoms with Gasteiger partial charge in [-0.05, 0) is 36.4 Å². The van der Waals surface area contributed by atoms with Crippen molar-refractivity contribution in [2.75, 3.05) is 44.7 Å². The maximum Gasteiger partial charge on any atom is 0.185 e. The van der Waals surface area contributed by atoms with Crippen LogP contribution in [0.2, 0.25) is 0 Å². The Labute approximate surface area is 144 Å². The first-order valence-electron chi connectivity index (χ1n) is 8.32. The molecule has 1 fully saturated rings. The van der Waals surface area contributed by atoms with Crippen LogP contribution in [0.3, 0.4) is 0 Å². The van der Waals surface area contributed by atoms with E-state index in [1.165, 1.54) is 12.1 Å². The minimum atomic E-state index is -0.281. The highest BCUT2D eigenvalue weighted by molar-refractivity contribution is 5.59. The third-order valence-electron chi connectivity index (χ3n) is 4.20. The molecule has 8 heteroatoms. The highest BCUT2D eigenvalue weighted by atomic mass is 19.1. The molecule has 2 aromatic heterocycles. The number of ether oxygens (including phenoxy) is 1. The van der Waals surface area contributed by atoms with Gasteiger partial charge in [-0.2, -0.15) is 4.52 Å². The summed E-state index contributed by atoms with van der Waals surface area (Å²) in [5.74, 6) is 1.06. The summed E-state index contributed by atoms with van der Waals surface area (Å²) in [4.78, 5) is 2.36. The molecule has 4 rings (SSSR count). The average Bonchev–Trinajstić information content (AvgIpc) is 3.07. The molecule has 0 saturated carbocycles. The van der Waals surface area contributed by atoms with Crippen LogP contribution in [0.1, 0.15) is 0 Å². The van der Waals surface area contributed by atoms with Crippen molar-refractivity contribution in [2.45, 2.75) is 0 Å². The largest absolute Gasteiger partial charge is 0.379 e. The second kappa shape index (κ2) is 7.12. The van der Waals surface area contributed by atoms with Gasteiger partial charge in [0.2, 0.25) is 0 Å². The molecule has 3 aromatic rings. The summed E-state index contributed by atoms with van der Waals surface area (Å²) in [6.45, 7) is 5.27. The molecule has 0 amide bonds. The van der Waals surface area contributed by atoms with Gasteiger partial charge in [-0.1, -0.05) is 0 Å². The van der Waals surface area contributed by atoms with E-state index >= 15 is 0 Å². The Kier molecular flexibility index (Phi) is 4.53. The molecule has 1 aromatic carbocycles. The summed E-state index contributed by atoms with van der Waals surface area (Å²) >= 11 is 0. The Bertz CT molecular complexity index is 844. The highest BCUT2D eigenvalue weighted by Gasteiger charge is 2.11. The van der Waals surface area contributed by atoms with E-state index in [4.69, 9.17) is 4.74 Å². The van der Waals surface area contributed by atoms with Gasteiger partial charge >= 0.3 is 0 Å². The zero-order chi connectivity index (χ0) is 17.1. The van der Waals surface area contributed by atoms with Crippen molar-refractivity contribution in [1.29, 1.82) is 0 Å². The monoisotopic (exact) mass is 342 g/mol. The highest BCUT2D eigenvalue weighted by Crippen LogP contribution is 2.18. The summed E-state index contributed by atoms with van der Waals surface area (Å²) in [7, 11) is 0. The number of anilines is 1. The lowest BCUT2D eigenvalue weighted by atomic mass is 10.2. The summed E-state index contributed by atoms with van der Waals surface area (Å²) in [5, 5.41) is 16.2. The first-order chi connectivity index (χ1) is 12.3. The lowest BCUT2D eigenvalue weighted by Crippen LogP contribution is -2.39. The predicted octanol–water partition coefficient (Wildman–Crippen LogP) is 1.67. The van der Waals surface area contributed by atoms with Crippen LogP contribution in [0.5, 0.6) is 0 Å². The first-order valence-corrected chi connectivity index (χ1v) is 8.32. The van der Waals surface area contributed by atoms with Crippen molar-refractivity contribution in [3.05, 3.63) is 42.2 Å². The molecule has 1 aliphatic rings. The maximum atomic E-state index is 13.1. The number of halogens is 1. The molecule has 1 aliphatic heterocycles. The van der Waals surface area contributed by atoms with Crippen molar-refractivity contribution in [3.63, 3.8) is 0 Å². The lowest BCUT2D eigenvalue weighted by Gasteiger charge is -2.26. The van der Waals surface area contributed by atoms with Crippen LogP contribution in [-0.2, 0) is 4.74 Å². The molecular formula is C17H19FN6O. The third-order valence-corrected chi connectivity index (χ3v) is 4.20. The van der Waals surface area contributed by atoms with Crippen LogP contribution < -0.4 is 5.32 Å². The van der Waals surface area contributed by atoms with Gasteiger partial charge in [0.25, 0.3) is 0 Å². The second-order valence-corrected chi connectivity index (χ2v) is 5.90. The van der Waals surface area contributed by atoms with Crippen molar-refractivity contribution < 1.29 is 9.13 Å². The van der Waals surface area contributed by atoms with E-state index in [1.807, 2.05) is 12.1 Å². The van der Waals surface area contributed by atoms with Gasteiger partial charge in [0.05, 0.1) is 13.2 Å². The molecule has 0 bridgehead atoms. The van der Waals surface area contributed by atoms with Crippen LogP contribution in [0, 0.1) is 5.82 Å². The molecule has 0 spiro atoms. The number of hydrogen-bond acceptors (Lipinski definition) is 6. The Balaban J connectivity index is 1.49. The summed E-state index contributed by atoms with van der Waals surface area (Å²) in [6.07, 6.45) is 0. The fraction of sp³-hybridized carbons (Fsp3) is 0.353. The van der Waals surface area contributed by atoms with Crippen LogP contribution in [-0.4, -0.2) is 64.1 Å². The molecule has 1 saturated heterocycles. The summed E-state index contributed by atoms with van der Waals surface area (Å²) in [5.41, 5.74) is 1.42.